The van der Waals surface area contributed by atoms with Crippen LogP contribution in [0, 0.1) is 0 Å². The number of anilines is 3. The Balaban J connectivity index is 1.79. The Bertz CT molecular complexity index is 959. The predicted octanol–water partition coefficient (Wildman–Crippen LogP) is 3.72. The van der Waals surface area contributed by atoms with Crippen LogP contribution >= 0.6 is 0 Å². The van der Waals surface area contributed by atoms with Crippen molar-refractivity contribution in [2.45, 2.75) is 0 Å². The van der Waals surface area contributed by atoms with E-state index in [4.69, 9.17) is 5.73 Å². The summed E-state index contributed by atoms with van der Waals surface area (Å²) in [6, 6.07) is 23.5. The SMILES string of the molecule is Nc1cccc(-c2cccc3nc(Nc4ccccc4)nn23)c1. The highest BCUT2D eigenvalue weighted by molar-refractivity contribution is 5.67. The van der Waals surface area contributed by atoms with Crippen molar-refractivity contribution in [2.24, 2.45) is 0 Å². The standard InChI is InChI=1S/C18H15N5/c19-14-7-4-6-13(12-14)16-10-5-11-17-21-18(22-23(16)17)20-15-8-2-1-3-9-15/h1-12H,19H2,(H,20,22). The molecule has 2 aromatic heterocycles. The molecular weight excluding hydrogens is 286 g/mol. The second-order valence-electron chi connectivity index (χ2n) is 5.23. The van der Waals surface area contributed by atoms with Crippen molar-refractivity contribution in [2.75, 3.05) is 11.1 Å². The first kappa shape index (κ1) is 13.3. The lowest BCUT2D eigenvalue weighted by atomic mass is 10.1. The number of nitrogens with two attached hydrogens (primary N) is 1. The number of nitrogens with one attached hydrogen (secondary N) is 1. The van der Waals surface area contributed by atoms with Crippen LogP contribution in [0.4, 0.5) is 17.3 Å². The second-order valence-corrected chi connectivity index (χ2v) is 5.23. The summed E-state index contributed by atoms with van der Waals surface area (Å²) < 4.78 is 1.82. The molecule has 0 fully saturated rings. The second kappa shape index (κ2) is 5.46. The van der Waals surface area contributed by atoms with E-state index in [0.717, 1.165) is 28.3 Å². The van der Waals surface area contributed by atoms with Gasteiger partial charge in [0.25, 0.3) is 0 Å². The third-order valence-corrected chi connectivity index (χ3v) is 3.57. The molecule has 0 aliphatic carbocycles. The largest absolute Gasteiger partial charge is 0.399 e. The molecule has 0 radical (unpaired) electrons. The van der Waals surface area contributed by atoms with Gasteiger partial charge in [0.2, 0.25) is 5.95 Å². The van der Waals surface area contributed by atoms with Crippen molar-refractivity contribution < 1.29 is 0 Å². The maximum absolute atomic E-state index is 5.89. The summed E-state index contributed by atoms with van der Waals surface area (Å²) in [6.45, 7) is 0. The van der Waals surface area contributed by atoms with Gasteiger partial charge in [-0.05, 0) is 36.4 Å². The number of rotatable bonds is 3. The van der Waals surface area contributed by atoms with Crippen molar-refractivity contribution in [3.63, 3.8) is 0 Å². The van der Waals surface area contributed by atoms with Gasteiger partial charge in [-0.2, -0.15) is 4.98 Å². The highest BCUT2D eigenvalue weighted by atomic mass is 15.4. The number of fused-ring (bicyclic) bond motifs is 1. The van der Waals surface area contributed by atoms with Crippen LogP contribution < -0.4 is 11.1 Å². The van der Waals surface area contributed by atoms with E-state index in [1.54, 1.807) is 0 Å². The van der Waals surface area contributed by atoms with E-state index in [9.17, 15) is 0 Å². The lowest BCUT2D eigenvalue weighted by molar-refractivity contribution is 0.973. The molecule has 23 heavy (non-hydrogen) atoms. The van der Waals surface area contributed by atoms with E-state index in [-0.39, 0.29) is 0 Å². The first-order chi connectivity index (χ1) is 11.3. The third-order valence-electron chi connectivity index (χ3n) is 3.57. The molecule has 112 valence electrons. The van der Waals surface area contributed by atoms with Gasteiger partial charge in [0, 0.05) is 16.9 Å². The van der Waals surface area contributed by atoms with Gasteiger partial charge in [0.15, 0.2) is 5.65 Å². The van der Waals surface area contributed by atoms with Crippen molar-refractivity contribution in [1.29, 1.82) is 0 Å². The molecule has 0 aliphatic heterocycles. The molecule has 2 heterocycles. The number of hydrogen-bond acceptors (Lipinski definition) is 4. The van der Waals surface area contributed by atoms with Gasteiger partial charge in [0.1, 0.15) is 0 Å². The first-order valence-corrected chi connectivity index (χ1v) is 7.33. The van der Waals surface area contributed by atoms with Crippen LogP contribution in [0.3, 0.4) is 0 Å². The molecule has 2 aromatic carbocycles. The third kappa shape index (κ3) is 2.60. The van der Waals surface area contributed by atoms with Crippen molar-refractivity contribution >= 4 is 23.0 Å². The molecule has 0 atom stereocenters. The molecule has 0 amide bonds. The number of nitrogens with zero attached hydrogens (tertiary/aromatic N) is 3. The van der Waals surface area contributed by atoms with Gasteiger partial charge in [-0.1, -0.05) is 36.4 Å². The van der Waals surface area contributed by atoms with Gasteiger partial charge >= 0.3 is 0 Å². The van der Waals surface area contributed by atoms with Crippen LogP contribution in [0.1, 0.15) is 0 Å². The first-order valence-electron chi connectivity index (χ1n) is 7.33. The summed E-state index contributed by atoms with van der Waals surface area (Å²) in [6.07, 6.45) is 0. The lowest BCUT2D eigenvalue weighted by Gasteiger charge is -2.04. The van der Waals surface area contributed by atoms with Crippen molar-refractivity contribution in [3.8, 4) is 11.3 Å². The van der Waals surface area contributed by atoms with Crippen molar-refractivity contribution in [1.82, 2.24) is 14.6 Å². The van der Waals surface area contributed by atoms with Crippen LogP contribution in [0.5, 0.6) is 0 Å². The van der Waals surface area contributed by atoms with Gasteiger partial charge < -0.3 is 11.1 Å². The molecule has 0 spiro atoms. The van der Waals surface area contributed by atoms with Gasteiger partial charge in [0.05, 0.1) is 5.69 Å². The quantitative estimate of drug-likeness (QED) is 0.566. The van der Waals surface area contributed by atoms with Gasteiger partial charge in [-0.15, -0.1) is 5.10 Å². The molecule has 0 unspecified atom stereocenters. The Labute approximate surface area is 133 Å². The number of hydrogen-bond donors (Lipinski definition) is 2. The van der Waals surface area contributed by atoms with E-state index in [1.807, 2.05) is 77.3 Å². The number of aromatic nitrogens is 3. The molecule has 0 saturated carbocycles. The van der Waals surface area contributed by atoms with Gasteiger partial charge in [-0.3, -0.25) is 0 Å². The van der Waals surface area contributed by atoms with Crippen molar-refractivity contribution in [3.05, 3.63) is 72.8 Å². The van der Waals surface area contributed by atoms with E-state index in [0.29, 0.717) is 5.95 Å². The Hall–Kier alpha value is -3.34. The van der Waals surface area contributed by atoms with E-state index >= 15 is 0 Å². The molecule has 0 aliphatic rings. The molecule has 0 bridgehead atoms. The summed E-state index contributed by atoms with van der Waals surface area (Å²) in [4.78, 5) is 4.53. The molecule has 5 nitrogen and oxygen atoms in total. The Morgan fingerprint density at radius 3 is 2.52 bits per heavy atom. The summed E-state index contributed by atoms with van der Waals surface area (Å²) >= 11 is 0. The fourth-order valence-electron chi connectivity index (χ4n) is 2.53. The highest BCUT2D eigenvalue weighted by Gasteiger charge is 2.09. The van der Waals surface area contributed by atoms with Crippen LogP contribution in [0.25, 0.3) is 16.9 Å². The lowest BCUT2D eigenvalue weighted by Crippen LogP contribution is -1.96. The van der Waals surface area contributed by atoms with Crippen LogP contribution in [-0.4, -0.2) is 14.6 Å². The number of nitrogen functional groups attached to an aromatic ring is 1. The van der Waals surface area contributed by atoms with E-state index in [2.05, 4.69) is 15.4 Å². The average Bonchev–Trinajstić information content (AvgIpc) is 2.98. The molecule has 4 aromatic rings. The summed E-state index contributed by atoms with van der Waals surface area (Å²) in [7, 11) is 0. The van der Waals surface area contributed by atoms with Crippen LogP contribution in [0.15, 0.2) is 72.8 Å². The summed E-state index contributed by atoms with van der Waals surface area (Å²) in [5, 5.41) is 7.78. The Morgan fingerprint density at radius 2 is 1.70 bits per heavy atom. The molecule has 3 N–H and O–H groups in total. The molecular formula is C18H15N5. The average molecular weight is 301 g/mol. The zero-order valence-electron chi connectivity index (χ0n) is 12.3. The zero-order valence-corrected chi connectivity index (χ0v) is 12.3. The monoisotopic (exact) mass is 301 g/mol. The molecule has 0 saturated heterocycles. The fourth-order valence-corrected chi connectivity index (χ4v) is 2.53. The maximum Gasteiger partial charge on any atom is 0.247 e. The topological polar surface area (TPSA) is 68.2 Å². The molecule has 4 rings (SSSR count). The van der Waals surface area contributed by atoms with E-state index in [1.165, 1.54) is 0 Å². The Morgan fingerprint density at radius 1 is 0.870 bits per heavy atom. The number of pyridine rings is 1. The minimum absolute atomic E-state index is 0.563. The smallest absolute Gasteiger partial charge is 0.247 e. The molecule has 5 heteroatoms. The Kier molecular flexibility index (Phi) is 3.16. The minimum Gasteiger partial charge on any atom is -0.399 e. The van der Waals surface area contributed by atoms with Gasteiger partial charge in [-0.25, -0.2) is 4.52 Å². The summed E-state index contributed by atoms with van der Waals surface area (Å²) in [5.74, 6) is 0.563. The summed E-state index contributed by atoms with van der Waals surface area (Å²) in [5.41, 5.74) is 10.3. The normalized spacial score (nSPS) is 10.8. The van der Waals surface area contributed by atoms with Crippen LogP contribution in [-0.2, 0) is 0 Å². The highest BCUT2D eigenvalue weighted by Crippen LogP contribution is 2.23. The number of benzene rings is 2. The predicted molar refractivity (Wildman–Crippen MR) is 92.6 cm³/mol. The fraction of sp³-hybridized carbons (Fsp3) is 0. The maximum atomic E-state index is 5.89. The van der Waals surface area contributed by atoms with Crippen LogP contribution in [0.2, 0.25) is 0 Å². The minimum atomic E-state index is 0.563. The van der Waals surface area contributed by atoms with E-state index < -0.39 is 0 Å². The number of para-hydroxylation sites is 1. The zero-order chi connectivity index (χ0) is 15.6.